The van der Waals surface area contributed by atoms with E-state index in [-0.39, 0.29) is 11.3 Å². The minimum atomic E-state index is -0.270. The van der Waals surface area contributed by atoms with Crippen molar-refractivity contribution in [1.29, 1.82) is 0 Å². The Balaban J connectivity index is 1.29. The first-order valence-corrected chi connectivity index (χ1v) is 14.5. The Morgan fingerprint density at radius 3 is 2.37 bits per heavy atom. The number of para-hydroxylation sites is 1. The van der Waals surface area contributed by atoms with Gasteiger partial charge in [0.15, 0.2) is 0 Å². The highest BCUT2D eigenvalue weighted by Gasteiger charge is 2.42. The molecule has 0 spiro atoms. The van der Waals surface area contributed by atoms with E-state index < -0.39 is 0 Å². The van der Waals surface area contributed by atoms with Crippen LogP contribution in [0.2, 0.25) is 0 Å². The molecule has 0 bridgehead atoms. The minimum absolute atomic E-state index is 0.261. The molecule has 1 aliphatic heterocycles. The summed E-state index contributed by atoms with van der Waals surface area (Å²) in [6.07, 6.45) is 13.3. The maximum atomic E-state index is 6.77. The molecule has 4 aliphatic rings. The van der Waals surface area contributed by atoms with Crippen molar-refractivity contribution in [1.82, 2.24) is 0 Å². The number of benzene rings is 5. The Kier molecular flexibility index (Phi) is 4.64. The van der Waals surface area contributed by atoms with Crippen LogP contribution in [0.1, 0.15) is 29.2 Å². The zero-order chi connectivity index (χ0) is 27.1. The third-order valence-electron chi connectivity index (χ3n) is 9.73. The highest BCUT2D eigenvalue weighted by molar-refractivity contribution is 6.03. The van der Waals surface area contributed by atoms with Crippen LogP contribution in [0.5, 0.6) is 5.75 Å². The zero-order valence-electron chi connectivity index (χ0n) is 22.8. The predicted octanol–water partition coefficient (Wildman–Crippen LogP) is 9.87. The van der Waals surface area contributed by atoms with E-state index >= 15 is 0 Å². The van der Waals surface area contributed by atoms with Crippen molar-refractivity contribution in [2.24, 2.45) is 11.8 Å². The first-order valence-electron chi connectivity index (χ1n) is 14.5. The van der Waals surface area contributed by atoms with Gasteiger partial charge in [0.25, 0.3) is 0 Å². The molecule has 0 aromatic heterocycles. The lowest BCUT2D eigenvalue weighted by molar-refractivity contribution is 0.342. The molecule has 3 unspecified atom stereocenters. The van der Waals surface area contributed by atoms with Crippen LogP contribution in [-0.2, 0) is 5.41 Å². The van der Waals surface area contributed by atoms with Crippen molar-refractivity contribution < 1.29 is 4.74 Å². The first kappa shape index (κ1) is 22.9. The van der Waals surface area contributed by atoms with E-state index in [1.165, 1.54) is 55.3 Å². The molecule has 0 saturated carbocycles. The van der Waals surface area contributed by atoms with Crippen molar-refractivity contribution in [2.75, 3.05) is 0 Å². The van der Waals surface area contributed by atoms with Crippen LogP contribution in [0.3, 0.4) is 0 Å². The Morgan fingerprint density at radius 2 is 1.46 bits per heavy atom. The van der Waals surface area contributed by atoms with Gasteiger partial charge in [0.2, 0.25) is 0 Å². The van der Waals surface area contributed by atoms with Gasteiger partial charge in [-0.05, 0) is 68.8 Å². The molecule has 9 rings (SSSR count). The molecular weight excluding hydrogens is 496 g/mol. The summed E-state index contributed by atoms with van der Waals surface area (Å²) >= 11 is 0. The monoisotopic (exact) mass is 524 g/mol. The lowest BCUT2D eigenvalue weighted by Gasteiger charge is -2.37. The van der Waals surface area contributed by atoms with Crippen molar-refractivity contribution in [3.63, 3.8) is 0 Å². The van der Waals surface area contributed by atoms with Gasteiger partial charge in [-0.2, -0.15) is 0 Å². The van der Waals surface area contributed by atoms with Gasteiger partial charge < -0.3 is 4.74 Å². The lowest BCUT2D eigenvalue weighted by Crippen LogP contribution is -2.26. The summed E-state index contributed by atoms with van der Waals surface area (Å²) in [5, 5.41) is 2.59. The van der Waals surface area contributed by atoms with Crippen LogP contribution in [0, 0.1) is 11.8 Å². The summed E-state index contributed by atoms with van der Waals surface area (Å²) in [6, 6.07) is 38.1. The van der Waals surface area contributed by atoms with E-state index in [1.807, 2.05) is 0 Å². The van der Waals surface area contributed by atoms with Gasteiger partial charge in [0.05, 0.1) is 5.92 Å². The van der Waals surface area contributed by atoms with Gasteiger partial charge in [-0.1, -0.05) is 127 Å². The van der Waals surface area contributed by atoms with Gasteiger partial charge >= 0.3 is 0 Å². The second-order valence-electron chi connectivity index (χ2n) is 11.8. The number of ether oxygens (including phenoxy) is 1. The van der Waals surface area contributed by atoms with E-state index in [1.54, 1.807) is 0 Å². The molecule has 1 heteroatoms. The SMILES string of the molecule is CC1(c2ccccc2)c2cc(-c3cccc4c3OC3=CC=CC5C=CC=C4C35)ccc2-c2c1ccc1ccccc21. The van der Waals surface area contributed by atoms with Gasteiger partial charge in [-0.15, -0.1) is 0 Å². The number of hydrogen-bond donors (Lipinski definition) is 0. The summed E-state index contributed by atoms with van der Waals surface area (Å²) in [6.45, 7) is 2.39. The van der Waals surface area contributed by atoms with Crippen molar-refractivity contribution in [3.05, 3.63) is 168 Å². The Hall–Kier alpha value is -4.88. The van der Waals surface area contributed by atoms with Crippen LogP contribution in [0.25, 0.3) is 38.6 Å². The fourth-order valence-electron chi connectivity index (χ4n) is 7.73. The van der Waals surface area contributed by atoms with Gasteiger partial charge in [0, 0.05) is 22.5 Å². The van der Waals surface area contributed by atoms with Crippen molar-refractivity contribution >= 4 is 16.3 Å². The number of rotatable bonds is 2. The molecule has 0 saturated heterocycles. The van der Waals surface area contributed by atoms with Crippen LogP contribution >= 0.6 is 0 Å². The quantitative estimate of drug-likeness (QED) is 0.223. The van der Waals surface area contributed by atoms with Crippen LogP contribution in [0.4, 0.5) is 0 Å². The molecule has 3 aliphatic carbocycles. The number of fused-ring (bicyclic) bond motifs is 7. The second kappa shape index (κ2) is 8.32. The van der Waals surface area contributed by atoms with E-state index in [0.29, 0.717) is 5.92 Å². The summed E-state index contributed by atoms with van der Waals surface area (Å²) in [7, 11) is 0. The molecule has 41 heavy (non-hydrogen) atoms. The van der Waals surface area contributed by atoms with E-state index in [0.717, 1.165) is 17.1 Å². The Bertz CT molecular complexity index is 2040. The van der Waals surface area contributed by atoms with Crippen LogP contribution < -0.4 is 4.74 Å². The Morgan fingerprint density at radius 1 is 0.659 bits per heavy atom. The number of hydrogen-bond acceptors (Lipinski definition) is 1. The predicted molar refractivity (Wildman–Crippen MR) is 169 cm³/mol. The average Bonchev–Trinajstić information content (AvgIpc) is 3.30. The van der Waals surface area contributed by atoms with Gasteiger partial charge in [-0.25, -0.2) is 0 Å². The third kappa shape index (κ3) is 3.06. The maximum absolute atomic E-state index is 6.77. The highest BCUT2D eigenvalue weighted by Crippen LogP contribution is 2.56. The molecule has 3 atom stereocenters. The van der Waals surface area contributed by atoms with E-state index in [4.69, 9.17) is 4.74 Å². The fourth-order valence-corrected chi connectivity index (χ4v) is 7.73. The van der Waals surface area contributed by atoms with Gasteiger partial charge in [0.1, 0.15) is 11.5 Å². The molecule has 0 N–H and O–H groups in total. The molecule has 0 fully saturated rings. The minimum Gasteiger partial charge on any atom is -0.460 e. The average molecular weight is 525 g/mol. The largest absolute Gasteiger partial charge is 0.460 e. The summed E-state index contributed by atoms with van der Waals surface area (Å²) in [5.74, 6) is 2.62. The lowest BCUT2D eigenvalue weighted by atomic mass is 9.73. The topological polar surface area (TPSA) is 9.23 Å². The van der Waals surface area contributed by atoms with Crippen LogP contribution in [0.15, 0.2) is 145 Å². The molecule has 0 amide bonds. The molecule has 194 valence electrons. The van der Waals surface area contributed by atoms with E-state index in [2.05, 4.69) is 147 Å². The van der Waals surface area contributed by atoms with Crippen molar-refractivity contribution in [2.45, 2.75) is 12.3 Å². The normalized spacial score (nSPS) is 22.7. The molecule has 5 aromatic rings. The highest BCUT2D eigenvalue weighted by atomic mass is 16.5. The molecule has 5 aromatic carbocycles. The fraction of sp³-hybridized carbons (Fsp3) is 0.100. The summed E-state index contributed by atoms with van der Waals surface area (Å²) < 4.78 is 6.77. The molecular formula is C40H28O. The summed E-state index contributed by atoms with van der Waals surface area (Å²) in [5.41, 5.74) is 11.3. The molecule has 0 radical (unpaired) electrons. The van der Waals surface area contributed by atoms with Crippen molar-refractivity contribution in [3.8, 4) is 28.0 Å². The first-order chi connectivity index (χ1) is 20.2. The summed E-state index contributed by atoms with van der Waals surface area (Å²) in [4.78, 5) is 0. The second-order valence-corrected chi connectivity index (χ2v) is 11.8. The standard InChI is InChI=1S/C40H28O/c1-40(28-13-3-2-4-14-28)34-23-21-25-10-5-6-15-29(25)38(34)33-22-20-27(24-35(33)40)30-16-9-18-32-31-17-7-11-26-12-8-19-36(37(26)31)41-39(30)32/h2-24,26,37H,1H3. The molecule has 1 nitrogen and oxygen atoms in total. The maximum Gasteiger partial charge on any atom is 0.142 e. The molecule has 1 heterocycles. The number of allylic oxidation sites excluding steroid dienone is 7. The Labute approximate surface area is 240 Å². The smallest absolute Gasteiger partial charge is 0.142 e. The van der Waals surface area contributed by atoms with Crippen LogP contribution in [-0.4, -0.2) is 0 Å². The van der Waals surface area contributed by atoms with E-state index in [9.17, 15) is 0 Å². The van der Waals surface area contributed by atoms with Gasteiger partial charge in [-0.3, -0.25) is 0 Å². The third-order valence-corrected chi connectivity index (χ3v) is 9.73. The zero-order valence-corrected chi connectivity index (χ0v) is 22.8.